The van der Waals surface area contributed by atoms with Crippen LogP contribution in [0.1, 0.15) is 28.8 Å². The van der Waals surface area contributed by atoms with E-state index in [2.05, 4.69) is 10.3 Å². The highest BCUT2D eigenvalue weighted by atomic mass is 35.5. The van der Waals surface area contributed by atoms with Gasteiger partial charge in [0, 0.05) is 58.0 Å². The number of hydrogen-bond acceptors (Lipinski definition) is 5. The van der Waals surface area contributed by atoms with Crippen LogP contribution in [-0.2, 0) is 9.59 Å². The highest BCUT2D eigenvalue weighted by Crippen LogP contribution is 2.25. The van der Waals surface area contributed by atoms with Crippen molar-refractivity contribution in [2.75, 3.05) is 32.5 Å². The minimum Gasteiger partial charge on any atom is -0.474 e. The maximum absolute atomic E-state index is 13.0. The molecule has 164 valence electrons. The van der Waals surface area contributed by atoms with Gasteiger partial charge in [0.1, 0.15) is 6.10 Å². The molecular formula is C22H25ClN4O4. The number of likely N-dealkylation sites (N-methyl/N-ethyl adjacent to an activating group) is 1. The third-order valence-electron chi connectivity index (χ3n) is 4.96. The van der Waals surface area contributed by atoms with Crippen LogP contribution in [0, 0.1) is 6.92 Å². The number of nitrogens with one attached hydrogen (secondary N) is 1. The Hall–Kier alpha value is -3.13. The van der Waals surface area contributed by atoms with Gasteiger partial charge in [-0.15, -0.1) is 0 Å². The van der Waals surface area contributed by atoms with Crippen LogP contribution < -0.4 is 10.1 Å². The normalized spacial score (nSPS) is 14.1. The summed E-state index contributed by atoms with van der Waals surface area (Å²) in [5.41, 5.74) is 1.67. The number of halogens is 1. The molecule has 0 saturated carbocycles. The van der Waals surface area contributed by atoms with E-state index in [-0.39, 0.29) is 22.6 Å². The van der Waals surface area contributed by atoms with Crippen LogP contribution in [-0.4, -0.2) is 65.8 Å². The fourth-order valence-electron chi connectivity index (χ4n) is 3.20. The zero-order valence-electron chi connectivity index (χ0n) is 17.7. The molecule has 2 aromatic rings. The summed E-state index contributed by atoms with van der Waals surface area (Å²) in [4.78, 5) is 43.9. The maximum atomic E-state index is 13.0. The van der Waals surface area contributed by atoms with Crippen LogP contribution in [0.5, 0.6) is 5.88 Å². The van der Waals surface area contributed by atoms with Gasteiger partial charge in [-0.25, -0.2) is 4.98 Å². The van der Waals surface area contributed by atoms with Crippen molar-refractivity contribution in [3.8, 4) is 5.88 Å². The lowest BCUT2D eigenvalue weighted by atomic mass is 10.1. The second kappa shape index (κ2) is 9.78. The summed E-state index contributed by atoms with van der Waals surface area (Å²) in [6.45, 7) is 3.00. The van der Waals surface area contributed by atoms with Crippen LogP contribution in [0.25, 0.3) is 0 Å². The Kier molecular flexibility index (Phi) is 7.12. The Morgan fingerprint density at radius 2 is 1.87 bits per heavy atom. The number of carbonyl (C=O) groups excluding carboxylic acids is 3. The number of aryl methyl sites for hydroxylation is 1. The first-order valence-electron chi connectivity index (χ1n) is 9.95. The Morgan fingerprint density at radius 1 is 1.16 bits per heavy atom. The number of carbonyl (C=O) groups is 3. The van der Waals surface area contributed by atoms with Crippen molar-refractivity contribution in [2.45, 2.75) is 25.9 Å². The SMILES string of the molecule is Cc1ccc(OC2CCN(C(=O)c3cc(NC(=O)C(=O)N(C)C)ccc3Cl)CC2)nc1. The molecule has 9 heteroatoms. The van der Waals surface area contributed by atoms with Crippen molar-refractivity contribution in [1.82, 2.24) is 14.8 Å². The molecule has 3 amide bonds. The van der Waals surface area contributed by atoms with Crippen LogP contribution in [0.15, 0.2) is 36.5 Å². The molecule has 0 aliphatic carbocycles. The van der Waals surface area contributed by atoms with Gasteiger partial charge in [0.15, 0.2) is 0 Å². The number of rotatable bonds is 4. The maximum Gasteiger partial charge on any atom is 0.313 e. The molecule has 0 bridgehead atoms. The molecule has 31 heavy (non-hydrogen) atoms. The molecule has 1 saturated heterocycles. The van der Waals surface area contributed by atoms with E-state index in [0.29, 0.717) is 37.5 Å². The summed E-state index contributed by atoms with van der Waals surface area (Å²) in [5.74, 6) is -1.12. The zero-order valence-corrected chi connectivity index (χ0v) is 18.5. The first kappa shape index (κ1) is 22.6. The van der Waals surface area contributed by atoms with E-state index < -0.39 is 11.8 Å². The van der Waals surface area contributed by atoms with E-state index in [9.17, 15) is 14.4 Å². The topological polar surface area (TPSA) is 91.8 Å². The first-order chi connectivity index (χ1) is 14.7. The van der Waals surface area contributed by atoms with Crippen molar-refractivity contribution < 1.29 is 19.1 Å². The molecule has 0 spiro atoms. The fraction of sp³-hybridized carbons (Fsp3) is 0.364. The standard InChI is InChI=1S/C22H25ClN4O4/c1-14-4-7-19(24-13-14)31-16-8-10-27(11-9-16)21(29)17-12-15(5-6-18(17)23)25-20(28)22(30)26(2)3/h4-7,12-13,16H,8-11H2,1-3H3,(H,25,28). The van der Waals surface area contributed by atoms with Crippen molar-refractivity contribution >= 4 is 35.0 Å². The smallest absolute Gasteiger partial charge is 0.313 e. The monoisotopic (exact) mass is 444 g/mol. The van der Waals surface area contributed by atoms with Crippen molar-refractivity contribution in [3.63, 3.8) is 0 Å². The fourth-order valence-corrected chi connectivity index (χ4v) is 3.39. The number of nitrogens with zero attached hydrogens (tertiary/aromatic N) is 3. The second-order valence-electron chi connectivity index (χ2n) is 7.63. The number of aromatic nitrogens is 1. The van der Waals surface area contributed by atoms with Gasteiger partial charge in [0.2, 0.25) is 5.88 Å². The van der Waals surface area contributed by atoms with Crippen molar-refractivity contribution in [1.29, 1.82) is 0 Å². The minimum atomic E-state index is -0.784. The predicted octanol–water partition coefficient (Wildman–Crippen LogP) is 2.75. The average molecular weight is 445 g/mol. The van der Waals surface area contributed by atoms with Gasteiger partial charge in [-0.2, -0.15) is 0 Å². The molecule has 1 aromatic heterocycles. The van der Waals surface area contributed by atoms with E-state index in [1.165, 1.54) is 31.1 Å². The van der Waals surface area contributed by atoms with Gasteiger partial charge in [-0.1, -0.05) is 17.7 Å². The number of benzene rings is 1. The third-order valence-corrected chi connectivity index (χ3v) is 5.29. The summed E-state index contributed by atoms with van der Waals surface area (Å²) < 4.78 is 5.91. The van der Waals surface area contributed by atoms with E-state index >= 15 is 0 Å². The number of amides is 3. The highest BCUT2D eigenvalue weighted by molar-refractivity contribution is 6.39. The number of anilines is 1. The molecule has 1 aliphatic heterocycles. The van der Waals surface area contributed by atoms with Gasteiger partial charge in [-0.05, 0) is 30.7 Å². The van der Waals surface area contributed by atoms with E-state index in [1.54, 1.807) is 17.2 Å². The molecule has 1 fully saturated rings. The van der Waals surface area contributed by atoms with Gasteiger partial charge in [0.05, 0.1) is 10.6 Å². The number of pyridine rings is 1. The van der Waals surface area contributed by atoms with E-state index in [4.69, 9.17) is 16.3 Å². The summed E-state index contributed by atoms with van der Waals surface area (Å²) in [6.07, 6.45) is 3.09. The molecule has 3 rings (SSSR count). The molecule has 0 unspecified atom stereocenters. The minimum absolute atomic E-state index is 0.0163. The van der Waals surface area contributed by atoms with Gasteiger partial charge in [-0.3, -0.25) is 14.4 Å². The lowest BCUT2D eigenvalue weighted by Crippen LogP contribution is -2.42. The third kappa shape index (κ3) is 5.73. The Morgan fingerprint density at radius 3 is 2.48 bits per heavy atom. The molecular weight excluding hydrogens is 420 g/mol. The lowest BCUT2D eigenvalue weighted by Gasteiger charge is -2.32. The summed E-state index contributed by atoms with van der Waals surface area (Å²) >= 11 is 6.24. The van der Waals surface area contributed by atoms with E-state index in [1.807, 2.05) is 19.1 Å². The van der Waals surface area contributed by atoms with Gasteiger partial charge < -0.3 is 19.9 Å². The summed E-state index contributed by atoms with van der Waals surface area (Å²) in [5, 5.41) is 2.78. The number of ether oxygens (including phenoxy) is 1. The molecule has 8 nitrogen and oxygen atoms in total. The van der Waals surface area contributed by atoms with Crippen LogP contribution in [0.2, 0.25) is 5.02 Å². The van der Waals surface area contributed by atoms with Gasteiger partial charge >= 0.3 is 11.8 Å². The molecule has 1 aliphatic rings. The molecule has 1 aromatic carbocycles. The van der Waals surface area contributed by atoms with Crippen molar-refractivity contribution in [3.05, 3.63) is 52.7 Å². The highest BCUT2D eigenvalue weighted by Gasteiger charge is 2.26. The number of piperidine rings is 1. The summed E-state index contributed by atoms with van der Waals surface area (Å²) in [7, 11) is 2.97. The van der Waals surface area contributed by atoms with Crippen molar-refractivity contribution in [2.24, 2.45) is 0 Å². The molecule has 0 atom stereocenters. The quantitative estimate of drug-likeness (QED) is 0.732. The zero-order chi connectivity index (χ0) is 22.5. The number of hydrogen-bond donors (Lipinski definition) is 1. The molecule has 1 N–H and O–H groups in total. The van der Waals surface area contributed by atoms with Gasteiger partial charge in [0.25, 0.3) is 5.91 Å². The van der Waals surface area contributed by atoms with Crippen LogP contribution in [0.4, 0.5) is 5.69 Å². The molecule has 0 radical (unpaired) electrons. The Balaban J connectivity index is 1.61. The summed E-state index contributed by atoms with van der Waals surface area (Å²) in [6, 6.07) is 8.36. The Bertz CT molecular complexity index is 970. The second-order valence-corrected chi connectivity index (χ2v) is 8.04. The Labute approximate surface area is 186 Å². The number of likely N-dealkylation sites (tertiary alicyclic amines) is 1. The predicted molar refractivity (Wildman–Crippen MR) is 117 cm³/mol. The average Bonchev–Trinajstić information content (AvgIpc) is 2.76. The van der Waals surface area contributed by atoms with Crippen LogP contribution >= 0.6 is 11.6 Å². The van der Waals surface area contributed by atoms with E-state index in [0.717, 1.165) is 5.56 Å². The lowest BCUT2D eigenvalue weighted by molar-refractivity contribution is -0.141. The first-order valence-corrected chi connectivity index (χ1v) is 10.3. The largest absolute Gasteiger partial charge is 0.474 e. The van der Waals surface area contributed by atoms with Crippen LogP contribution in [0.3, 0.4) is 0 Å². The molecule has 2 heterocycles.